The van der Waals surface area contributed by atoms with Gasteiger partial charge in [0.2, 0.25) is 5.88 Å². The number of hydrogen-bond donors (Lipinski definition) is 1. The number of carbonyl (C=O) groups excluding carboxylic acids is 1. The molecular formula is C26H21N5O2S. The molecule has 7 nitrogen and oxygen atoms in total. The summed E-state index contributed by atoms with van der Waals surface area (Å²) < 4.78 is 7.80. The molecule has 1 N–H and O–H groups in total. The van der Waals surface area contributed by atoms with Crippen molar-refractivity contribution in [3.63, 3.8) is 0 Å². The normalized spacial score (nSPS) is 10.8. The zero-order chi connectivity index (χ0) is 23.5. The molecule has 0 aliphatic heterocycles. The van der Waals surface area contributed by atoms with Gasteiger partial charge < -0.3 is 10.1 Å². The molecule has 0 bridgehead atoms. The Balaban J connectivity index is 1.26. The molecule has 5 aromatic rings. The first-order valence-corrected chi connectivity index (χ1v) is 11.5. The number of imidazole rings is 1. The summed E-state index contributed by atoms with van der Waals surface area (Å²) in [4.78, 5) is 26.9. The molecular weight excluding hydrogens is 446 g/mol. The topological polar surface area (TPSA) is 81.9 Å². The highest BCUT2D eigenvalue weighted by molar-refractivity contribution is 7.13. The van der Waals surface area contributed by atoms with Gasteiger partial charge in [0, 0.05) is 34.6 Å². The molecule has 3 aromatic heterocycles. The van der Waals surface area contributed by atoms with Gasteiger partial charge in [-0.3, -0.25) is 9.36 Å². The van der Waals surface area contributed by atoms with E-state index in [-0.39, 0.29) is 5.91 Å². The number of benzene rings is 2. The lowest BCUT2D eigenvalue weighted by Gasteiger charge is -2.10. The molecule has 2 aromatic carbocycles. The van der Waals surface area contributed by atoms with Gasteiger partial charge in [-0.1, -0.05) is 18.2 Å². The molecule has 0 radical (unpaired) electrons. The standard InChI is InChI=1S/C26H21N5O2S/c1-17-28-24(31-14-13-27-18(31)2)16-25(29-17)33-22-11-9-21(10-12-22)30-26(32)20-7-5-19(6-8-20)23-4-3-15-34-23/h3-16H,1-2H3,(H,30,32). The summed E-state index contributed by atoms with van der Waals surface area (Å²) in [6.07, 6.45) is 3.56. The number of nitrogens with one attached hydrogen (secondary N) is 1. The van der Waals surface area contributed by atoms with Gasteiger partial charge in [0.1, 0.15) is 23.2 Å². The smallest absolute Gasteiger partial charge is 0.255 e. The molecule has 3 heterocycles. The molecule has 1 amide bonds. The van der Waals surface area contributed by atoms with Crippen LogP contribution in [0, 0.1) is 13.8 Å². The second kappa shape index (κ2) is 9.29. The summed E-state index contributed by atoms with van der Waals surface area (Å²) in [5.74, 6) is 2.97. The highest BCUT2D eigenvalue weighted by Crippen LogP contribution is 2.26. The first kappa shape index (κ1) is 21.5. The summed E-state index contributed by atoms with van der Waals surface area (Å²) in [7, 11) is 0. The number of anilines is 1. The number of carbonyl (C=O) groups is 1. The quantitative estimate of drug-likeness (QED) is 0.329. The maximum absolute atomic E-state index is 12.6. The number of aromatic nitrogens is 4. The molecule has 0 fully saturated rings. The van der Waals surface area contributed by atoms with Gasteiger partial charge in [0.25, 0.3) is 5.91 Å². The van der Waals surface area contributed by atoms with Gasteiger partial charge >= 0.3 is 0 Å². The number of rotatable bonds is 6. The number of amides is 1. The summed E-state index contributed by atoms with van der Waals surface area (Å²) in [5.41, 5.74) is 2.37. The first-order valence-electron chi connectivity index (χ1n) is 10.6. The van der Waals surface area contributed by atoms with Crippen molar-refractivity contribution in [2.45, 2.75) is 13.8 Å². The minimum Gasteiger partial charge on any atom is -0.439 e. The van der Waals surface area contributed by atoms with Crippen molar-refractivity contribution in [3.05, 3.63) is 102 Å². The number of aryl methyl sites for hydroxylation is 2. The van der Waals surface area contributed by atoms with E-state index in [9.17, 15) is 4.79 Å². The fourth-order valence-corrected chi connectivity index (χ4v) is 4.21. The van der Waals surface area contributed by atoms with E-state index in [1.165, 1.54) is 4.88 Å². The summed E-state index contributed by atoms with van der Waals surface area (Å²) in [5, 5.41) is 4.96. The largest absolute Gasteiger partial charge is 0.439 e. The second-order valence-electron chi connectivity index (χ2n) is 7.59. The van der Waals surface area contributed by atoms with E-state index in [4.69, 9.17) is 4.74 Å². The Morgan fingerprint density at radius 1 is 1.00 bits per heavy atom. The number of thiophene rings is 1. The van der Waals surface area contributed by atoms with Crippen molar-refractivity contribution in [1.29, 1.82) is 0 Å². The van der Waals surface area contributed by atoms with Gasteiger partial charge in [-0.15, -0.1) is 11.3 Å². The SMILES string of the molecule is Cc1nc(Oc2ccc(NC(=O)c3ccc(-c4cccs4)cc3)cc2)cc(-n2ccnc2C)n1. The van der Waals surface area contributed by atoms with E-state index in [0.717, 1.165) is 11.4 Å². The average Bonchev–Trinajstić information content (AvgIpc) is 3.52. The fourth-order valence-electron chi connectivity index (χ4n) is 3.48. The second-order valence-corrected chi connectivity index (χ2v) is 8.54. The lowest BCUT2D eigenvalue weighted by Crippen LogP contribution is -2.11. The third kappa shape index (κ3) is 4.72. The zero-order valence-electron chi connectivity index (χ0n) is 18.6. The van der Waals surface area contributed by atoms with Crippen molar-refractivity contribution in [2.24, 2.45) is 0 Å². The zero-order valence-corrected chi connectivity index (χ0v) is 19.4. The molecule has 0 saturated carbocycles. The van der Waals surface area contributed by atoms with E-state index < -0.39 is 0 Å². The van der Waals surface area contributed by atoms with Gasteiger partial charge in [0.15, 0.2) is 0 Å². The van der Waals surface area contributed by atoms with E-state index in [1.54, 1.807) is 47.9 Å². The molecule has 0 aliphatic rings. The van der Waals surface area contributed by atoms with E-state index in [0.29, 0.717) is 34.5 Å². The Bertz CT molecular complexity index is 1430. The van der Waals surface area contributed by atoms with Crippen LogP contribution in [0.3, 0.4) is 0 Å². The van der Waals surface area contributed by atoms with Crippen LogP contribution in [-0.2, 0) is 0 Å². The summed E-state index contributed by atoms with van der Waals surface area (Å²) in [6.45, 7) is 3.72. The van der Waals surface area contributed by atoms with Crippen LogP contribution in [0.4, 0.5) is 5.69 Å². The Kier molecular flexibility index (Phi) is 5.88. The monoisotopic (exact) mass is 467 g/mol. The van der Waals surface area contributed by atoms with Crippen LogP contribution < -0.4 is 10.1 Å². The van der Waals surface area contributed by atoms with E-state index in [1.807, 2.05) is 60.3 Å². The molecule has 0 aliphatic carbocycles. The number of hydrogen-bond acceptors (Lipinski definition) is 6. The minimum atomic E-state index is -0.168. The first-order chi connectivity index (χ1) is 16.5. The molecule has 8 heteroatoms. The van der Waals surface area contributed by atoms with Gasteiger partial charge in [-0.2, -0.15) is 4.98 Å². The molecule has 0 unspecified atom stereocenters. The molecule has 0 spiro atoms. The number of nitrogens with zero attached hydrogens (tertiary/aromatic N) is 4. The van der Waals surface area contributed by atoms with Crippen LogP contribution in [0.25, 0.3) is 16.3 Å². The van der Waals surface area contributed by atoms with Crippen LogP contribution in [0.15, 0.2) is 84.5 Å². The Labute approximate surface area is 200 Å². The minimum absolute atomic E-state index is 0.168. The lowest BCUT2D eigenvalue weighted by molar-refractivity contribution is 0.102. The van der Waals surface area contributed by atoms with Crippen molar-refractivity contribution >= 4 is 22.9 Å². The lowest BCUT2D eigenvalue weighted by atomic mass is 10.1. The predicted molar refractivity (Wildman–Crippen MR) is 133 cm³/mol. The number of ether oxygens (including phenoxy) is 1. The summed E-state index contributed by atoms with van der Waals surface area (Å²) in [6, 6.07) is 20.6. The Hall–Kier alpha value is -4.30. The van der Waals surface area contributed by atoms with Crippen molar-refractivity contribution < 1.29 is 9.53 Å². The van der Waals surface area contributed by atoms with Gasteiger partial charge in [-0.25, -0.2) is 9.97 Å². The molecule has 0 atom stereocenters. The van der Waals surface area contributed by atoms with Gasteiger partial charge in [-0.05, 0) is 67.3 Å². The highest BCUT2D eigenvalue weighted by Gasteiger charge is 2.10. The van der Waals surface area contributed by atoms with Crippen LogP contribution in [0.2, 0.25) is 0 Å². The Morgan fingerprint density at radius 2 is 1.79 bits per heavy atom. The van der Waals surface area contributed by atoms with E-state index >= 15 is 0 Å². The van der Waals surface area contributed by atoms with Crippen molar-refractivity contribution in [1.82, 2.24) is 19.5 Å². The molecule has 0 saturated heterocycles. The third-order valence-corrected chi connectivity index (χ3v) is 6.08. The molecule has 34 heavy (non-hydrogen) atoms. The van der Waals surface area contributed by atoms with Crippen molar-refractivity contribution in [2.75, 3.05) is 5.32 Å². The fraction of sp³-hybridized carbons (Fsp3) is 0.0769. The third-order valence-electron chi connectivity index (χ3n) is 5.16. The molecule has 168 valence electrons. The average molecular weight is 468 g/mol. The highest BCUT2D eigenvalue weighted by atomic mass is 32.1. The maximum atomic E-state index is 12.6. The van der Waals surface area contributed by atoms with Crippen LogP contribution >= 0.6 is 11.3 Å². The van der Waals surface area contributed by atoms with Gasteiger partial charge in [0.05, 0.1) is 0 Å². The van der Waals surface area contributed by atoms with E-state index in [2.05, 4.69) is 26.3 Å². The van der Waals surface area contributed by atoms with Crippen LogP contribution in [-0.4, -0.2) is 25.4 Å². The van der Waals surface area contributed by atoms with Crippen LogP contribution in [0.1, 0.15) is 22.0 Å². The summed E-state index contributed by atoms with van der Waals surface area (Å²) >= 11 is 1.67. The predicted octanol–water partition coefficient (Wildman–Crippen LogP) is 6.05. The van der Waals surface area contributed by atoms with Crippen molar-refractivity contribution in [3.8, 4) is 27.9 Å². The molecule has 5 rings (SSSR count). The maximum Gasteiger partial charge on any atom is 0.255 e. The Morgan fingerprint density at radius 3 is 2.47 bits per heavy atom. The van der Waals surface area contributed by atoms with Crippen LogP contribution in [0.5, 0.6) is 11.6 Å².